The largest absolute Gasteiger partial charge is 0.497 e. The highest BCUT2D eigenvalue weighted by atomic mass is 16.5. The zero-order chi connectivity index (χ0) is 23.2. The maximum absolute atomic E-state index is 12.5. The summed E-state index contributed by atoms with van der Waals surface area (Å²) in [6.45, 7) is 2.24. The number of hydrogen-bond acceptors (Lipinski definition) is 4. The minimum atomic E-state index is -0.0943. The van der Waals surface area contributed by atoms with E-state index in [-0.39, 0.29) is 5.78 Å². The number of carbonyl (C=O) groups excluding carboxylic acids is 1. The van der Waals surface area contributed by atoms with Crippen molar-refractivity contribution >= 4 is 17.9 Å². The Morgan fingerprint density at radius 2 is 1.34 bits per heavy atom. The molecule has 2 aromatic rings. The van der Waals surface area contributed by atoms with Crippen LogP contribution in [0.4, 0.5) is 0 Å². The van der Waals surface area contributed by atoms with Gasteiger partial charge in [-0.2, -0.15) is 0 Å². The molecule has 0 heterocycles. The first-order chi connectivity index (χ1) is 15.6. The highest BCUT2D eigenvalue weighted by Crippen LogP contribution is 2.25. The Balaban J connectivity index is 2.07. The highest BCUT2D eigenvalue weighted by molar-refractivity contribution is 6.04. The molecule has 0 radical (unpaired) electrons. The van der Waals surface area contributed by atoms with Crippen LogP contribution in [0.3, 0.4) is 0 Å². The number of ketones is 1. The van der Waals surface area contributed by atoms with Crippen LogP contribution in [0.5, 0.6) is 17.2 Å². The molecule has 172 valence electrons. The van der Waals surface area contributed by atoms with Crippen LogP contribution < -0.4 is 14.2 Å². The Morgan fingerprint density at radius 3 is 2.00 bits per heavy atom. The number of carbonyl (C=O) groups is 1. The van der Waals surface area contributed by atoms with Gasteiger partial charge in [0.25, 0.3) is 0 Å². The van der Waals surface area contributed by atoms with Gasteiger partial charge in [0.2, 0.25) is 0 Å². The summed E-state index contributed by atoms with van der Waals surface area (Å²) in [7, 11) is 4.88. The summed E-state index contributed by atoms with van der Waals surface area (Å²) in [5, 5.41) is 0. The molecular formula is C28H36O4. The summed E-state index contributed by atoms with van der Waals surface area (Å²) < 4.78 is 16.0. The van der Waals surface area contributed by atoms with Crippen LogP contribution in [0.2, 0.25) is 0 Å². The van der Waals surface area contributed by atoms with E-state index in [1.165, 1.54) is 37.7 Å². The van der Waals surface area contributed by atoms with Crippen LogP contribution in [0.25, 0.3) is 12.2 Å². The topological polar surface area (TPSA) is 44.8 Å². The van der Waals surface area contributed by atoms with Crippen molar-refractivity contribution in [3.8, 4) is 17.2 Å². The third-order valence-corrected chi connectivity index (χ3v) is 5.44. The molecule has 0 bridgehead atoms. The van der Waals surface area contributed by atoms with Gasteiger partial charge in [0.05, 0.1) is 21.3 Å². The molecule has 32 heavy (non-hydrogen) atoms. The Bertz CT molecular complexity index is 912. The lowest BCUT2D eigenvalue weighted by Gasteiger charge is -2.09. The number of unbranched alkanes of at least 4 members (excludes halogenated alkanes) is 5. The maximum Gasteiger partial charge on any atom is 0.178 e. The van der Waals surface area contributed by atoms with Gasteiger partial charge in [-0.1, -0.05) is 51.2 Å². The average molecular weight is 437 g/mol. The Kier molecular flexibility index (Phi) is 11.1. The van der Waals surface area contributed by atoms with Crippen LogP contribution in [0.1, 0.15) is 62.1 Å². The third-order valence-electron chi connectivity index (χ3n) is 5.44. The molecule has 0 atom stereocenters. The fourth-order valence-corrected chi connectivity index (χ4v) is 3.55. The molecule has 0 saturated carbocycles. The van der Waals surface area contributed by atoms with E-state index >= 15 is 0 Å². The van der Waals surface area contributed by atoms with E-state index in [9.17, 15) is 4.79 Å². The predicted molar refractivity (Wildman–Crippen MR) is 133 cm³/mol. The monoisotopic (exact) mass is 436 g/mol. The normalized spacial score (nSPS) is 11.2. The summed E-state index contributed by atoms with van der Waals surface area (Å²) in [5.41, 5.74) is 3.06. The van der Waals surface area contributed by atoms with Crippen LogP contribution in [0.15, 0.2) is 48.6 Å². The SMILES string of the molecule is CCCCCCCCc1ccc(OC)cc1/C=C/C(=O)/C=C/c1cc(OC)ccc1OC. The number of ether oxygens (including phenoxy) is 3. The van der Waals surface area contributed by atoms with Crippen LogP contribution >= 0.6 is 0 Å². The summed E-state index contributed by atoms with van der Waals surface area (Å²) in [6, 6.07) is 11.6. The number of hydrogen-bond donors (Lipinski definition) is 0. The van der Waals surface area contributed by atoms with E-state index < -0.39 is 0 Å². The van der Waals surface area contributed by atoms with Crippen molar-refractivity contribution in [1.82, 2.24) is 0 Å². The molecule has 0 aliphatic carbocycles. The van der Waals surface area contributed by atoms with Gasteiger partial charge in [-0.25, -0.2) is 0 Å². The van der Waals surface area contributed by atoms with Gasteiger partial charge in [0, 0.05) is 5.56 Å². The second kappa shape index (κ2) is 14.1. The molecule has 4 heteroatoms. The van der Waals surface area contributed by atoms with Gasteiger partial charge in [0.1, 0.15) is 17.2 Å². The fraction of sp³-hybridized carbons (Fsp3) is 0.393. The zero-order valence-electron chi connectivity index (χ0n) is 19.9. The van der Waals surface area contributed by atoms with E-state index in [1.807, 2.05) is 36.4 Å². The second-order valence-electron chi connectivity index (χ2n) is 7.76. The van der Waals surface area contributed by atoms with Gasteiger partial charge >= 0.3 is 0 Å². The average Bonchev–Trinajstić information content (AvgIpc) is 2.83. The molecule has 4 nitrogen and oxygen atoms in total. The predicted octanol–water partition coefficient (Wildman–Crippen LogP) is 6.91. The van der Waals surface area contributed by atoms with Gasteiger partial charge in [0.15, 0.2) is 5.78 Å². The first-order valence-electron chi connectivity index (χ1n) is 11.4. The number of aryl methyl sites for hydroxylation is 1. The lowest BCUT2D eigenvalue weighted by atomic mass is 9.99. The maximum atomic E-state index is 12.5. The third kappa shape index (κ3) is 8.26. The van der Waals surface area contributed by atoms with Crippen molar-refractivity contribution in [1.29, 1.82) is 0 Å². The number of methoxy groups -OCH3 is 3. The standard InChI is InChI=1S/C28H36O4/c1-5-6-7-8-9-10-11-22-14-17-26(30-2)20-23(22)12-15-25(29)16-13-24-21-27(31-3)18-19-28(24)32-4/h12-21H,5-11H2,1-4H3/b15-12+,16-13+. The smallest absolute Gasteiger partial charge is 0.178 e. The molecule has 0 N–H and O–H groups in total. The molecular weight excluding hydrogens is 400 g/mol. The lowest BCUT2D eigenvalue weighted by Crippen LogP contribution is -1.94. The highest BCUT2D eigenvalue weighted by Gasteiger charge is 2.05. The van der Waals surface area contributed by atoms with Crippen molar-refractivity contribution in [2.75, 3.05) is 21.3 Å². The van der Waals surface area contributed by atoms with E-state index in [2.05, 4.69) is 13.0 Å². The summed E-state index contributed by atoms with van der Waals surface area (Å²) in [5.74, 6) is 2.10. The van der Waals surface area contributed by atoms with E-state index in [1.54, 1.807) is 39.6 Å². The van der Waals surface area contributed by atoms with Crippen molar-refractivity contribution in [2.45, 2.75) is 51.9 Å². The molecule has 0 amide bonds. The van der Waals surface area contributed by atoms with Gasteiger partial charge in [-0.05, 0) is 72.5 Å². The number of rotatable bonds is 14. The molecule has 0 unspecified atom stereocenters. The molecule has 0 aromatic heterocycles. The number of allylic oxidation sites excluding steroid dienone is 2. The molecule has 2 rings (SSSR count). The van der Waals surface area contributed by atoms with E-state index in [0.717, 1.165) is 29.7 Å². The lowest BCUT2D eigenvalue weighted by molar-refractivity contribution is -0.110. The minimum absolute atomic E-state index is 0.0943. The van der Waals surface area contributed by atoms with Gasteiger partial charge in [-0.15, -0.1) is 0 Å². The van der Waals surface area contributed by atoms with Crippen LogP contribution in [-0.2, 0) is 11.2 Å². The second-order valence-corrected chi connectivity index (χ2v) is 7.76. The first-order valence-corrected chi connectivity index (χ1v) is 11.4. The van der Waals surface area contributed by atoms with Crippen molar-refractivity contribution in [3.05, 3.63) is 65.2 Å². The summed E-state index contributed by atoms with van der Waals surface area (Å²) in [6.07, 6.45) is 15.3. The molecule has 0 fully saturated rings. The number of benzene rings is 2. The summed E-state index contributed by atoms with van der Waals surface area (Å²) >= 11 is 0. The van der Waals surface area contributed by atoms with Gasteiger partial charge < -0.3 is 14.2 Å². The Hall–Kier alpha value is -3.01. The van der Waals surface area contributed by atoms with Crippen LogP contribution in [0, 0.1) is 0 Å². The van der Waals surface area contributed by atoms with Crippen molar-refractivity contribution < 1.29 is 19.0 Å². The Labute approximate surface area is 192 Å². The molecule has 0 saturated heterocycles. The van der Waals surface area contributed by atoms with E-state index in [4.69, 9.17) is 14.2 Å². The molecule has 0 aliphatic heterocycles. The fourth-order valence-electron chi connectivity index (χ4n) is 3.55. The van der Waals surface area contributed by atoms with Crippen molar-refractivity contribution in [2.24, 2.45) is 0 Å². The Morgan fingerprint density at radius 1 is 0.750 bits per heavy atom. The zero-order valence-corrected chi connectivity index (χ0v) is 19.9. The van der Waals surface area contributed by atoms with Crippen molar-refractivity contribution in [3.63, 3.8) is 0 Å². The molecule has 0 aliphatic rings. The van der Waals surface area contributed by atoms with E-state index in [0.29, 0.717) is 11.5 Å². The quantitative estimate of drug-likeness (QED) is 0.238. The minimum Gasteiger partial charge on any atom is -0.497 e. The van der Waals surface area contributed by atoms with Gasteiger partial charge in [-0.3, -0.25) is 4.79 Å². The summed E-state index contributed by atoms with van der Waals surface area (Å²) in [4.78, 5) is 12.5. The molecule has 2 aromatic carbocycles. The van der Waals surface area contributed by atoms with Crippen LogP contribution in [-0.4, -0.2) is 27.1 Å². The molecule has 0 spiro atoms. The first kappa shape index (κ1) is 25.3.